The van der Waals surface area contributed by atoms with Crippen molar-refractivity contribution in [3.63, 3.8) is 0 Å². The molecule has 1 rings (SSSR count). The number of carboxylic acids is 1. The van der Waals surface area contributed by atoms with Crippen molar-refractivity contribution in [2.45, 2.75) is 6.42 Å². The van der Waals surface area contributed by atoms with Crippen LogP contribution in [0.3, 0.4) is 0 Å². The van der Waals surface area contributed by atoms with Crippen molar-refractivity contribution in [2.75, 3.05) is 0 Å². The summed E-state index contributed by atoms with van der Waals surface area (Å²) in [5, 5.41) is 10.7. The molecule has 0 atom stereocenters. The van der Waals surface area contributed by atoms with Gasteiger partial charge in [-0.25, -0.2) is 0 Å². The van der Waals surface area contributed by atoms with Crippen LogP contribution in [-0.2, 0) is 11.2 Å². The van der Waals surface area contributed by atoms with Crippen molar-refractivity contribution in [2.24, 2.45) is 0 Å². The topological polar surface area (TPSA) is 40.1 Å². The van der Waals surface area contributed by atoms with Gasteiger partial charge in [0.1, 0.15) is 0 Å². The fourth-order valence-electron chi connectivity index (χ4n) is 0.769. The van der Waals surface area contributed by atoms with Gasteiger partial charge in [-0.3, -0.25) is 0 Å². The van der Waals surface area contributed by atoms with E-state index in [0.717, 1.165) is 0 Å². The summed E-state index contributed by atoms with van der Waals surface area (Å²) in [6, 6.07) is 6.63. The van der Waals surface area contributed by atoms with Crippen molar-refractivity contribution < 1.29 is 61.3 Å². The van der Waals surface area contributed by atoms with Crippen LogP contribution < -0.4 is 56.5 Å². The van der Waals surface area contributed by atoms with Gasteiger partial charge in [-0.15, -0.1) is 0 Å². The van der Waals surface area contributed by atoms with E-state index in [0.29, 0.717) is 10.6 Å². The zero-order valence-electron chi connectivity index (χ0n) is 6.71. The molecule has 2 nitrogen and oxygen atoms in total. The van der Waals surface area contributed by atoms with Crippen molar-refractivity contribution in [1.82, 2.24) is 0 Å². The van der Waals surface area contributed by atoms with Crippen LogP contribution in [0.2, 0.25) is 5.02 Å². The molecule has 0 N–H and O–H groups in total. The van der Waals surface area contributed by atoms with Crippen LogP contribution >= 0.6 is 11.6 Å². The molecule has 58 valence electrons. The first-order valence-corrected chi connectivity index (χ1v) is 3.50. The standard InChI is InChI=1S/C8H7ClO2.K/c9-7-3-1-6(2-4-7)5-8(10)11;/h1-4H,5H2,(H,10,11);/q;+1/p-1. The Bertz CT molecular complexity index is 258. The second-order valence-corrected chi connectivity index (χ2v) is 2.61. The van der Waals surface area contributed by atoms with Gasteiger partial charge < -0.3 is 9.90 Å². The van der Waals surface area contributed by atoms with Gasteiger partial charge >= 0.3 is 51.4 Å². The molecular weight excluding hydrogens is 203 g/mol. The first-order valence-electron chi connectivity index (χ1n) is 3.13. The molecule has 0 aliphatic heterocycles. The fourth-order valence-corrected chi connectivity index (χ4v) is 0.895. The summed E-state index contributed by atoms with van der Waals surface area (Å²) in [5.41, 5.74) is 0.703. The molecule has 0 fully saturated rings. The van der Waals surface area contributed by atoms with Gasteiger partial charge in [-0.2, -0.15) is 0 Å². The number of carboxylic acid groups (broad SMARTS) is 1. The quantitative estimate of drug-likeness (QED) is 0.510. The SMILES string of the molecule is O=C([O-])Cc1ccc(Cl)cc1.[K+]. The van der Waals surface area contributed by atoms with Crippen LogP contribution in [0.4, 0.5) is 0 Å². The molecule has 0 heterocycles. The molecule has 0 radical (unpaired) electrons. The molecule has 0 bridgehead atoms. The molecule has 12 heavy (non-hydrogen) atoms. The summed E-state index contributed by atoms with van der Waals surface area (Å²) in [4.78, 5) is 10.1. The van der Waals surface area contributed by atoms with E-state index in [1.54, 1.807) is 24.3 Å². The van der Waals surface area contributed by atoms with Crippen LogP contribution in [0, 0.1) is 0 Å². The number of carbonyl (C=O) groups is 1. The first kappa shape index (κ1) is 12.6. The molecule has 0 unspecified atom stereocenters. The second-order valence-electron chi connectivity index (χ2n) is 2.18. The summed E-state index contributed by atoms with van der Waals surface area (Å²) in [6.45, 7) is 0. The number of hydrogen-bond donors (Lipinski definition) is 0. The van der Waals surface area contributed by atoms with Crippen LogP contribution in [0.1, 0.15) is 5.56 Å². The summed E-state index contributed by atoms with van der Waals surface area (Å²) in [6.07, 6.45) is -0.0584. The third kappa shape index (κ3) is 4.60. The Hall–Kier alpha value is 0.616. The molecule has 0 saturated heterocycles. The van der Waals surface area contributed by atoms with Crippen molar-refractivity contribution in [3.8, 4) is 0 Å². The number of hydrogen-bond acceptors (Lipinski definition) is 2. The Morgan fingerprint density at radius 2 is 1.83 bits per heavy atom. The van der Waals surface area contributed by atoms with Crippen molar-refractivity contribution in [3.05, 3.63) is 34.9 Å². The molecule has 0 saturated carbocycles. The van der Waals surface area contributed by atoms with Crippen molar-refractivity contribution >= 4 is 17.6 Å². The van der Waals surface area contributed by atoms with E-state index >= 15 is 0 Å². The summed E-state index contributed by atoms with van der Waals surface area (Å²) < 4.78 is 0. The molecule has 4 heteroatoms. The van der Waals surface area contributed by atoms with Gasteiger partial charge in [-0.05, 0) is 17.7 Å². The smallest absolute Gasteiger partial charge is 0.550 e. The first-order chi connectivity index (χ1) is 5.18. The zero-order valence-corrected chi connectivity index (χ0v) is 10.6. The van der Waals surface area contributed by atoms with Gasteiger partial charge in [-0.1, -0.05) is 23.7 Å². The molecule has 1 aromatic carbocycles. The van der Waals surface area contributed by atoms with E-state index < -0.39 is 5.97 Å². The molecule has 0 aliphatic carbocycles. The monoisotopic (exact) mass is 208 g/mol. The number of halogens is 1. The molecule has 0 spiro atoms. The minimum atomic E-state index is -1.08. The molecule has 1 aromatic rings. The minimum Gasteiger partial charge on any atom is -0.550 e. The van der Waals surface area contributed by atoms with E-state index in [4.69, 9.17) is 11.6 Å². The largest absolute Gasteiger partial charge is 1.00 e. The van der Waals surface area contributed by atoms with Gasteiger partial charge in [0.15, 0.2) is 0 Å². The molecule has 0 aromatic heterocycles. The van der Waals surface area contributed by atoms with E-state index in [1.807, 2.05) is 0 Å². The van der Waals surface area contributed by atoms with Crippen LogP contribution in [0.25, 0.3) is 0 Å². The molecule has 0 amide bonds. The number of carbonyl (C=O) groups excluding carboxylic acids is 1. The van der Waals surface area contributed by atoms with Crippen LogP contribution in [-0.4, -0.2) is 5.97 Å². The third-order valence-corrected chi connectivity index (χ3v) is 1.51. The second kappa shape index (κ2) is 6.13. The van der Waals surface area contributed by atoms with Crippen LogP contribution in [0.5, 0.6) is 0 Å². The summed E-state index contributed by atoms with van der Waals surface area (Å²) in [7, 11) is 0. The Morgan fingerprint density at radius 3 is 2.25 bits per heavy atom. The minimum absolute atomic E-state index is 0. The molecular formula is C8H6ClKO2. The van der Waals surface area contributed by atoms with Gasteiger partial charge in [0.25, 0.3) is 0 Å². The van der Waals surface area contributed by atoms with E-state index in [2.05, 4.69) is 0 Å². The zero-order chi connectivity index (χ0) is 8.27. The Morgan fingerprint density at radius 1 is 1.33 bits per heavy atom. The third-order valence-electron chi connectivity index (χ3n) is 1.26. The van der Waals surface area contributed by atoms with Crippen molar-refractivity contribution in [1.29, 1.82) is 0 Å². The number of aliphatic carboxylic acids is 1. The van der Waals surface area contributed by atoms with Crippen LogP contribution in [0.15, 0.2) is 24.3 Å². The predicted octanol–water partition coefficient (Wildman–Crippen LogP) is -2.36. The Kier molecular flexibility index (Phi) is 6.44. The van der Waals surface area contributed by atoms with Gasteiger partial charge in [0.05, 0.1) is 0 Å². The number of benzene rings is 1. The van der Waals surface area contributed by atoms with Gasteiger partial charge in [0, 0.05) is 17.4 Å². The van der Waals surface area contributed by atoms with Gasteiger partial charge in [0.2, 0.25) is 0 Å². The average Bonchev–Trinajstić information content (AvgIpc) is 1.93. The normalized spacial score (nSPS) is 8.75. The summed E-state index contributed by atoms with van der Waals surface area (Å²) >= 11 is 5.59. The fraction of sp³-hybridized carbons (Fsp3) is 0.125. The Balaban J connectivity index is 0.00000121. The predicted molar refractivity (Wildman–Crippen MR) is 40.2 cm³/mol. The Labute approximate surface area is 118 Å². The molecule has 0 aliphatic rings. The maximum atomic E-state index is 10.1. The van der Waals surface area contributed by atoms with E-state index in [-0.39, 0.29) is 57.8 Å². The maximum absolute atomic E-state index is 10.1. The van der Waals surface area contributed by atoms with E-state index in [1.165, 1.54) is 0 Å². The average molecular weight is 209 g/mol. The van der Waals surface area contributed by atoms with E-state index in [9.17, 15) is 9.90 Å². The number of rotatable bonds is 2. The maximum Gasteiger partial charge on any atom is 1.00 e. The summed E-state index contributed by atoms with van der Waals surface area (Å²) in [5.74, 6) is -1.08.